The van der Waals surface area contributed by atoms with Gasteiger partial charge in [0, 0.05) is 10.9 Å². The number of rotatable bonds is 4. The van der Waals surface area contributed by atoms with E-state index in [4.69, 9.17) is 5.73 Å². The van der Waals surface area contributed by atoms with Gasteiger partial charge in [0.2, 0.25) is 5.91 Å². The molecule has 4 nitrogen and oxygen atoms in total. The van der Waals surface area contributed by atoms with E-state index in [1.807, 2.05) is 0 Å². The fourth-order valence-electron chi connectivity index (χ4n) is 1.67. The van der Waals surface area contributed by atoms with Crippen molar-refractivity contribution in [1.29, 1.82) is 0 Å². The number of nitrogens with zero attached hydrogens (tertiary/aromatic N) is 1. The van der Waals surface area contributed by atoms with Crippen molar-refractivity contribution in [3.05, 3.63) is 52.4 Å². The van der Waals surface area contributed by atoms with Crippen LogP contribution in [0.1, 0.15) is 12.0 Å². The molecule has 0 spiro atoms. The first kappa shape index (κ1) is 14.5. The number of nitrogens with two attached hydrogens (primary N) is 1. The number of nitrogen functional groups attached to an aromatic ring is 1. The molecular weight excluding hydrogens is 325 g/mol. The Labute approximate surface area is 124 Å². The van der Waals surface area contributed by atoms with E-state index < -0.39 is 0 Å². The molecule has 0 aliphatic heterocycles. The Hall–Kier alpha value is -1.95. The molecule has 104 valence electrons. The van der Waals surface area contributed by atoms with Gasteiger partial charge in [0.1, 0.15) is 11.6 Å². The van der Waals surface area contributed by atoms with E-state index in [1.54, 1.807) is 24.3 Å². The summed E-state index contributed by atoms with van der Waals surface area (Å²) in [5.41, 5.74) is 6.53. The van der Waals surface area contributed by atoms with E-state index in [9.17, 15) is 9.18 Å². The standard InChI is InChI=1S/C14H13BrFN3O/c15-10-2-4-12(16)9(7-10)1-6-14(20)19-13-5-3-11(17)8-18-13/h2-5,7-8H,1,6,17H2,(H,18,19,20). The zero-order chi connectivity index (χ0) is 14.5. The first-order chi connectivity index (χ1) is 9.54. The first-order valence-electron chi connectivity index (χ1n) is 6.00. The number of nitrogens with one attached hydrogen (secondary N) is 1. The molecule has 1 heterocycles. The average molecular weight is 338 g/mol. The van der Waals surface area contributed by atoms with Crippen LogP contribution in [0.4, 0.5) is 15.9 Å². The Balaban J connectivity index is 1.92. The molecule has 0 aliphatic rings. The number of amides is 1. The molecule has 1 aromatic carbocycles. The molecule has 0 aliphatic carbocycles. The maximum atomic E-state index is 13.5. The number of aromatic nitrogens is 1. The van der Waals surface area contributed by atoms with Crippen LogP contribution in [-0.4, -0.2) is 10.9 Å². The highest BCUT2D eigenvalue weighted by Gasteiger charge is 2.07. The van der Waals surface area contributed by atoms with E-state index in [0.717, 1.165) is 4.47 Å². The van der Waals surface area contributed by atoms with Crippen LogP contribution in [0.3, 0.4) is 0 Å². The van der Waals surface area contributed by atoms with Crippen LogP contribution in [0.25, 0.3) is 0 Å². The van der Waals surface area contributed by atoms with Gasteiger partial charge in [-0.1, -0.05) is 15.9 Å². The van der Waals surface area contributed by atoms with Crippen LogP contribution in [-0.2, 0) is 11.2 Å². The Morgan fingerprint density at radius 2 is 2.15 bits per heavy atom. The molecule has 0 radical (unpaired) electrons. The number of aryl methyl sites for hydroxylation is 1. The number of pyridine rings is 1. The maximum Gasteiger partial charge on any atom is 0.225 e. The summed E-state index contributed by atoms with van der Waals surface area (Å²) in [5.74, 6) is -0.104. The molecule has 2 rings (SSSR count). The van der Waals surface area contributed by atoms with Crippen molar-refractivity contribution in [1.82, 2.24) is 4.98 Å². The summed E-state index contributed by atoms with van der Waals surface area (Å²) < 4.78 is 14.3. The lowest BCUT2D eigenvalue weighted by Crippen LogP contribution is -2.13. The molecule has 20 heavy (non-hydrogen) atoms. The second-order valence-corrected chi connectivity index (χ2v) is 5.18. The van der Waals surface area contributed by atoms with E-state index in [1.165, 1.54) is 12.3 Å². The summed E-state index contributed by atoms with van der Waals surface area (Å²) in [6, 6.07) is 7.93. The summed E-state index contributed by atoms with van der Waals surface area (Å²) in [6.45, 7) is 0. The highest BCUT2D eigenvalue weighted by atomic mass is 79.9. The molecule has 0 saturated heterocycles. The van der Waals surface area contributed by atoms with E-state index in [0.29, 0.717) is 23.5 Å². The number of carbonyl (C=O) groups excluding carboxylic acids is 1. The zero-order valence-electron chi connectivity index (χ0n) is 10.6. The van der Waals surface area contributed by atoms with Crippen molar-refractivity contribution in [3.63, 3.8) is 0 Å². The predicted octanol–water partition coefficient (Wildman–Crippen LogP) is 3.14. The molecule has 1 amide bonds. The lowest BCUT2D eigenvalue weighted by molar-refractivity contribution is -0.116. The third-order valence-electron chi connectivity index (χ3n) is 2.68. The van der Waals surface area contributed by atoms with E-state index in [-0.39, 0.29) is 18.1 Å². The SMILES string of the molecule is Nc1ccc(NC(=O)CCc2cc(Br)ccc2F)nc1. The van der Waals surface area contributed by atoms with Crippen molar-refractivity contribution in [2.45, 2.75) is 12.8 Å². The van der Waals surface area contributed by atoms with Gasteiger partial charge in [-0.2, -0.15) is 0 Å². The van der Waals surface area contributed by atoms with Crippen LogP contribution in [0, 0.1) is 5.82 Å². The highest BCUT2D eigenvalue weighted by Crippen LogP contribution is 2.17. The van der Waals surface area contributed by atoms with Crippen LogP contribution in [0.2, 0.25) is 0 Å². The Morgan fingerprint density at radius 1 is 1.35 bits per heavy atom. The summed E-state index contributed by atoms with van der Waals surface area (Å²) >= 11 is 3.27. The second-order valence-electron chi connectivity index (χ2n) is 4.26. The Bertz CT molecular complexity index is 616. The molecule has 0 atom stereocenters. The second kappa shape index (κ2) is 6.47. The molecule has 6 heteroatoms. The van der Waals surface area contributed by atoms with Gasteiger partial charge in [-0.15, -0.1) is 0 Å². The van der Waals surface area contributed by atoms with Crippen LogP contribution >= 0.6 is 15.9 Å². The number of benzene rings is 1. The average Bonchev–Trinajstić information content (AvgIpc) is 2.42. The van der Waals surface area contributed by atoms with Gasteiger partial charge in [0.25, 0.3) is 0 Å². The third-order valence-corrected chi connectivity index (χ3v) is 3.18. The topological polar surface area (TPSA) is 68.0 Å². The number of halogens is 2. The maximum absolute atomic E-state index is 13.5. The van der Waals surface area contributed by atoms with Gasteiger partial charge in [0.15, 0.2) is 0 Å². The molecule has 1 aromatic heterocycles. The fourth-order valence-corrected chi connectivity index (χ4v) is 2.08. The van der Waals surface area contributed by atoms with Crippen molar-refractivity contribution in [3.8, 4) is 0 Å². The Morgan fingerprint density at radius 3 is 2.85 bits per heavy atom. The highest BCUT2D eigenvalue weighted by molar-refractivity contribution is 9.10. The summed E-state index contributed by atoms with van der Waals surface area (Å²) in [4.78, 5) is 15.7. The molecule has 0 unspecified atom stereocenters. The van der Waals surface area contributed by atoms with Gasteiger partial charge in [-0.3, -0.25) is 4.79 Å². The summed E-state index contributed by atoms with van der Waals surface area (Å²) in [6.07, 6.45) is 1.97. The zero-order valence-corrected chi connectivity index (χ0v) is 12.2. The quantitative estimate of drug-likeness (QED) is 0.900. The summed E-state index contributed by atoms with van der Waals surface area (Å²) in [5, 5.41) is 2.63. The third kappa shape index (κ3) is 4.03. The largest absolute Gasteiger partial charge is 0.397 e. The van der Waals surface area contributed by atoms with Crippen molar-refractivity contribution < 1.29 is 9.18 Å². The predicted molar refractivity (Wildman–Crippen MR) is 79.7 cm³/mol. The van der Waals surface area contributed by atoms with Crippen molar-refractivity contribution in [2.75, 3.05) is 11.1 Å². The van der Waals surface area contributed by atoms with Gasteiger partial charge in [-0.05, 0) is 42.3 Å². The number of carbonyl (C=O) groups is 1. The molecular formula is C14H13BrFN3O. The van der Waals surface area contributed by atoms with Crippen LogP contribution in [0.5, 0.6) is 0 Å². The molecule has 0 bridgehead atoms. The van der Waals surface area contributed by atoms with Gasteiger partial charge < -0.3 is 11.1 Å². The monoisotopic (exact) mass is 337 g/mol. The van der Waals surface area contributed by atoms with Crippen LogP contribution < -0.4 is 11.1 Å². The smallest absolute Gasteiger partial charge is 0.225 e. The minimum atomic E-state index is -0.313. The minimum Gasteiger partial charge on any atom is -0.397 e. The van der Waals surface area contributed by atoms with Gasteiger partial charge >= 0.3 is 0 Å². The molecule has 2 aromatic rings. The van der Waals surface area contributed by atoms with Crippen molar-refractivity contribution in [2.24, 2.45) is 0 Å². The van der Waals surface area contributed by atoms with Crippen LogP contribution in [0.15, 0.2) is 41.0 Å². The van der Waals surface area contributed by atoms with Gasteiger partial charge in [0.05, 0.1) is 11.9 Å². The number of hydrogen-bond acceptors (Lipinski definition) is 3. The summed E-state index contributed by atoms with van der Waals surface area (Å²) in [7, 11) is 0. The lowest BCUT2D eigenvalue weighted by Gasteiger charge is -2.06. The normalized spacial score (nSPS) is 10.3. The molecule has 0 saturated carbocycles. The molecule has 0 fully saturated rings. The number of anilines is 2. The first-order valence-corrected chi connectivity index (χ1v) is 6.79. The van der Waals surface area contributed by atoms with E-state index in [2.05, 4.69) is 26.2 Å². The lowest BCUT2D eigenvalue weighted by atomic mass is 10.1. The molecule has 3 N–H and O–H groups in total. The fraction of sp³-hybridized carbons (Fsp3) is 0.143. The number of hydrogen-bond donors (Lipinski definition) is 2. The van der Waals surface area contributed by atoms with Crippen molar-refractivity contribution >= 4 is 33.3 Å². The Kier molecular flexibility index (Phi) is 4.68. The van der Waals surface area contributed by atoms with Gasteiger partial charge in [-0.25, -0.2) is 9.37 Å². The van der Waals surface area contributed by atoms with E-state index >= 15 is 0 Å². The minimum absolute atomic E-state index is 0.180.